The van der Waals surface area contributed by atoms with E-state index >= 15 is 0 Å². The van der Waals surface area contributed by atoms with Crippen molar-refractivity contribution in [3.63, 3.8) is 0 Å². The van der Waals surface area contributed by atoms with Crippen LogP contribution in [0.3, 0.4) is 0 Å². The smallest absolute Gasteiger partial charge is 0.202 e. The van der Waals surface area contributed by atoms with E-state index in [9.17, 15) is 9.32 Å². The molecule has 0 aliphatic heterocycles. The molecule has 0 fully saturated rings. The van der Waals surface area contributed by atoms with Crippen LogP contribution in [0.4, 0.5) is 0 Å². The molecule has 5 nitrogen and oxygen atoms in total. The van der Waals surface area contributed by atoms with Crippen molar-refractivity contribution in [3.8, 4) is 0 Å². The summed E-state index contributed by atoms with van der Waals surface area (Å²) in [5.74, 6) is 1.26. The summed E-state index contributed by atoms with van der Waals surface area (Å²) in [5.41, 5.74) is 3.38. The monoisotopic (exact) mass is 361 g/mol. The fourth-order valence-electron chi connectivity index (χ4n) is 2.57. The largest absolute Gasteiger partial charge is 0.376 e. The van der Waals surface area contributed by atoms with Gasteiger partial charge in [0.2, 0.25) is 5.16 Å². The molecule has 126 valence electrons. The van der Waals surface area contributed by atoms with E-state index < -0.39 is 10.8 Å². The number of pyridine rings is 1. The number of para-hydroxylation sites is 2. The van der Waals surface area contributed by atoms with Gasteiger partial charge in [0, 0.05) is 11.1 Å². The fraction of sp³-hybridized carbons (Fsp3) is 0.294. The summed E-state index contributed by atoms with van der Waals surface area (Å²) in [6, 6.07) is 9.45. The number of aliphatic hydroxyl groups excluding tert-OH is 1. The number of nitrogens with zero attached hydrogens (tertiary/aromatic N) is 3. The van der Waals surface area contributed by atoms with Gasteiger partial charge in [-0.3, -0.25) is 13.8 Å². The predicted molar refractivity (Wildman–Crippen MR) is 97.4 cm³/mol. The Bertz CT molecular complexity index is 893. The summed E-state index contributed by atoms with van der Waals surface area (Å²) < 4.78 is 14.4. The molecule has 2 aromatic heterocycles. The molecule has 0 saturated heterocycles. The first-order chi connectivity index (χ1) is 11.7. The molecule has 0 saturated carbocycles. The van der Waals surface area contributed by atoms with Crippen LogP contribution in [0.5, 0.6) is 0 Å². The maximum absolute atomic E-state index is 12.9. The molecule has 1 atom stereocenters. The summed E-state index contributed by atoms with van der Waals surface area (Å²) in [6.07, 6.45) is 1.76. The van der Waals surface area contributed by atoms with Gasteiger partial charge in [-0.1, -0.05) is 19.1 Å². The summed E-state index contributed by atoms with van der Waals surface area (Å²) >= 11 is 1.75. The van der Waals surface area contributed by atoms with E-state index in [2.05, 4.69) is 16.9 Å². The summed E-state index contributed by atoms with van der Waals surface area (Å²) in [7, 11) is -1.38. The molecule has 1 aromatic carbocycles. The maximum Gasteiger partial charge on any atom is 0.202 e. The quantitative estimate of drug-likeness (QED) is 0.683. The van der Waals surface area contributed by atoms with Crippen molar-refractivity contribution in [3.05, 3.63) is 47.8 Å². The molecular formula is C17H19N3O2S2. The zero-order valence-corrected chi connectivity index (χ0v) is 15.2. The highest BCUT2D eigenvalue weighted by Crippen LogP contribution is 2.25. The van der Waals surface area contributed by atoms with Crippen molar-refractivity contribution in [1.82, 2.24) is 14.5 Å². The zero-order chi connectivity index (χ0) is 17.1. The van der Waals surface area contributed by atoms with Gasteiger partial charge >= 0.3 is 0 Å². The minimum atomic E-state index is -1.38. The first-order valence-electron chi connectivity index (χ1n) is 7.67. The van der Waals surface area contributed by atoms with Crippen LogP contribution >= 0.6 is 11.8 Å². The summed E-state index contributed by atoms with van der Waals surface area (Å²) in [6.45, 7) is 3.86. The van der Waals surface area contributed by atoms with E-state index in [-0.39, 0.29) is 12.5 Å². The van der Waals surface area contributed by atoms with Gasteiger partial charge < -0.3 is 5.11 Å². The number of hydrogen-bond acceptors (Lipinski definition) is 5. The molecular weight excluding hydrogens is 342 g/mol. The first kappa shape index (κ1) is 17.1. The molecule has 2 heterocycles. The number of fused-ring (bicyclic) bond motifs is 1. The van der Waals surface area contributed by atoms with Crippen molar-refractivity contribution < 1.29 is 9.32 Å². The Morgan fingerprint density at radius 2 is 2.08 bits per heavy atom. The van der Waals surface area contributed by atoms with Gasteiger partial charge in [-0.15, -0.1) is 11.8 Å². The van der Waals surface area contributed by atoms with Gasteiger partial charge in [0.15, 0.2) is 0 Å². The highest BCUT2D eigenvalue weighted by atomic mass is 32.2. The molecule has 1 unspecified atom stereocenters. The number of thioether (sulfide) groups is 1. The lowest BCUT2D eigenvalue weighted by molar-refractivity contribution is 0.204. The highest BCUT2D eigenvalue weighted by molar-refractivity contribution is 7.99. The van der Waals surface area contributed by atoms with Crippen molar-refractivity contribution in [2.24, 2.45) is 0 Å². The second-order valence-corrected chi connectivity index (χ2v) is 7.91. The Hall–Kier alpha value is -1.70. The molecule has 7 heteroatoms. The molecule has 3 rings (SSSR count). The zero-order valence-electron chi connectivity index (χ0n) is 13.6. The third-order valence-corrected chi connectivity index (χ3v) is 6.09. The van der Waals surface area contributed by atoms with E-state index in [0.29, 0.717) is 5.16 Å². The van der Waals surface area contributed by atoms with E-state index in [0.717, 1.165) is 32.9 Å². The van der Waals surface area contributed by atoms with Crippen molar-refractivity contribution in [2.75, 3.05) is 5.75 Å². The Kier molecular flexibility index (Phi) is 5.33. The van der Waals surface area contributed by atoms with Gasteiger partial charge in [-0.25, -0.2) is 4.98 Å². The van der Waals surface area contributed by atoms with Crippen LogP contribution in [-0.2, 0) is 23.3 Å². The summed E-state index contributed by atoms with van der Waals surface area (Å²) in [4.78, 5) is 9.99. The van der Waals surface area contributed by atoms with Crippen LogP contribution < -0.4 is 0 Å². The second kappa shape index (κ2) is 7.46. The van der Waals surface area contributed by atoms with E-state index in [1.807, 2.05) is 37.3 Å². The van der Waals surface area contributed by atoms with Crippen LogP contribution in [0.15, 0.2) is 46.6 Å². The average molecular weight is 361 g/mol. The van der Waals surface area contributed by atoms with Crippen molar-refractivity contribution in [2.45, 2.75) is 36.4 Å². The standard InChI is InChI=1S/C17H19N3O2S2/c1-3-23-16-8-9-18-14(12(16)2)10-24(22)17-19-13-6-4-5-7-15(13)20(17)11-21/h4-9,21H,3,10-11H2,1-2H3. The van der Waals surface area contributed by atoms with Gasteiger partial charge in [0.25, 0.3) is 0 Å². The van der Waals surface area contributed by atoms with Crippen LogP contribution in [-0.4, -0.2) is 29.6 Å². The Morgan fingerprint density at radius 1 is 1.29 bits per heavy atom. The predicted octanol–water partition coefficient (Wildman–Crippen LogP) is 3.11. The number of hydrogen-bond donors (Lipinski definition) is 1. The Morgan fingerprint density at radius 3 is 2.83 bits per heavy atom. The highest BCUT2D eigenvalue weighted by Gasteiger charge is 2.18. The number of imidazole rings is 1. The maximum atomic E-state index is 12.9. The van der Waals surface area contributed by atoms with Crippen LogP contribution in [0.1, 0.15) is 18.2 Å². The number of aliphatic hydroxyl groups is 1. The molecule has 0 amide bonds. The lowest BCUT2D eigenvalue weighted by Gasteiger charge is -2.10. The molecule has 0 spiro atoms. The van der Waals surface area contributed by atoms with Crippen molar-refractivity contribution in [1.29, 1.82) is 0 Å². The molecule has 0 bridgehead atoms. The minimum absolute atomic E-state index is 0.250. The Labute approximate surface area is 147 Å². The summed E-state index contributed by atoms with van der Waals surface area (Å²) in [5, 5.41) is 10.0. The van der Waals surface area contributed by atoms with Gasteiger partial charge in [0.1, 0.15) is 6.73 Å². The molecule has 0 aliphatic carbocycles. The average Bonchev–Trinajstić information content (AvgIpc) is 2.97. The number of rotatable bonds is 6. The third kappa shape index (κ3) is 3.24. The fourth-order valence-corrected chi connectivity index (χ4v) is 4.64. The molecule has 0 radical (unpaired) electrons. The Balaban J connectivity index is 1.95. The first-order valence-corrected chi connectivity index (χ1v) is 9.98. The number of benzene rings is 1. The van der Waals surface area contributed by atoms with Crippen LogP contribution in [0.25, 0.3) is 11.0 Å². The SMILES string of the molecule is CCSc1ccnc(CS(=O)c2nc3ccccc3n2CO)c1C. The number of aromatic nitrogens is 3. The molecule has 1 N–H and O–H groups in total. The van der Waals surface area contributed by atoms with Gasteiger partial charge in [0.05, 0.1) is 33.3 Å². The molecule has 3 aromatic rings. The van der Waals surface area contributed by atoms with Gasteiger partial charge in [-0.2, -0.15) is 0 Å². The van der Waals surface area contributed by atoms with E-state index in [4.69, 9.17) is 0 Å². The van der Waals surface area contributed by atoms with E-state index in [1.165, 1.54) is 0 Å². The van der Waals surface area contributed by atoms with E-state index in [1.54, 1.807) is 22.5 Å². The van der Waals surface area contributed by atoms with Crippen molar-refractivity contribution >= 4 is 33.6 Å². The third-order valence-electron chi connectivity index (χ3n) is 3.79. The van der Waals surface area contributed by atoms with Crippen LogP contribution in [0.2, 0.25) is 0 Å². The van der Waals surface area contributed by atoms with Crippen LogP contribution in [0, 0.1) is 6.92 Å². The van der Waals surface area contributed by atoms with Gasteiger partial charge in [-0.05, 0) is 36.4 Å². The minimum Gasteiger partial charge on any atom is -0.376 e. The topological polar surface area (TPSA) is 68.0 Å². The second-order valence-electron chi connectivity index (χ2n) is 5.26. The molecule has 0 aliphatic rings. The lowest BCUT2D eigenvalue weighted by Crippen LogP contribution is -2.09. The lowest BCUT2D eigenvalue weighted by atomic mass is 10.2. The normalized spacial score (nSPS) is 12.6. The molecule has 24 heavy (non-hydrogen) atoms.